The Balaban J connectivity index is 2.39. The Morgan fingerprint density at radius 2 is 2.45 bits per heavy atom. The summed E-state index contributed by atoms with van der Waals surface area (Å²) in [7, 11) is 0. The average Bonchev–Trinajstić information content (AvgIpc) is 2.31. The molecule has 0 aromatic carbocycles. The number of aryl methyl sites for hydroxylation is 1. The van der Waals surface area contributed by atoms with E-state index in [4.69, 9.17) is 16.7 Å². The van der Waals surface area contributed by atoms with Crippen molar-refractivity contribution in [2.75, 3.05) is 0 Å². The van der Waals surface area contributed by atoms with E-state index in [0.717, 1.165) is 17.9 Å². The Morgan fingerprint density at radius 3 is 2.91 bits per heavy atom. The highest BCUT2D eigenvalue weighted by atomic mass is 35.5. The monoisotopic (exact) mass is 190 g/mol. The number of aliphatic hydroxyl groups is 1. The van der Waals surface area contributed by atoms with Gasteiger partial charge in [0.15, 0.2) is 0 Å². The number of thiophene rings is 1. The maximum Gasteiger partial charge on any atom is 0.0515 e. The lowest BCUT2D eigenvalue weighted by Crippen LogP contribution is -1.99. The molecule has 0 aliphatic carbocycles. The summed E-state index contributed by atoms with van der Waals surface area (Å²) in [5, 5.41) is 11.7. The van der Waals surface area contributed by atoms with Gasteiger partial charge in [0.2, 0.25) is 0 Å². The fourth-order valence-electron chi connectivity index (χ4n) is 0.836. The Kier molecular flexibility index (Phi) is 3.37. The predicted molar refractivity (Wildman–Crippen MR) is 49.3 cm³/mol. The van der Waals surface area contributed by atoms with Crippen LogP contribution in [0.2, 0.25) is 5.02 Å². The van der Waals surface area contributed by atoms with Gasteiger partial charge < -0.3 is 5.11 Å². The van der Waals surface area contributed by atoms with Gasteiger partial charge in [-0.1, -0.05) is 11.6 Å². The van der Waals surface area contributed by atoms with Crippen molar-refractivity contribution in [3.8, 4) is 0 Å². The Bertz CT molecular complexity index is 220. The molecule has 62 valence electrons. The first-order chi connectivity index (χ1) is 5.18. The minimum absolute atomic E-state index is 0.212. The first-order valence-electron chi connectivity index (χ1n) is 3.59. The minimum atomic E-state index is -0.212. The molecule has 0 spiro atoms. The molecule has 0 saturated heterocycles. The van der Waals surface area contributed by atoms with E-state index in [9.17, 15) is 0 Å². The van der Waals surface area contributed by atoms with Gasteiger partial charge in [0, 0.05) is 10.3 Å². The first-order valence-corrected chi connectivity index (χ1v) is 4.85. The largest absolute Gasteiger partial charge is 0.393 e. The molecule has 0 aliphatic rings. The summed E-state index contributed by atoms with van der Waals surface area (Å²) in [6, 6.07) is 1.95. The highest BCUT2D eigenvalue weighted by Gasteiger charge is 2.00. The first kappa shape index (κ1) is 9.04. The molecule has 0 bridgehead atoms. The van der Waals surface area contributed by atoms with E-state index in [-0.39, 0.29) is 6.10 Å². The summed E-state index contributed by atoms with van der Waals surface area (Å²) in [6.07, 6.45) is 1.53. The molecule has 1 unspecified atom stereocenters. The van der Waals surface area contributed by atoms with Gasteiger partial charge >= 0.3 is 0 Å². The lowest BCUT2D eigenvalue weighted by Gasteiger charge is -1.99. The van der Waals surface area contributed by atoms with E-state index in [1.807, 2.05) is 11.4 Å². The minimum Gasteiger partial charge on any atom is -0.393 e. The highest BCUT2D eigenvalue weighted by Crippen LogP contribution is 2.20. The molecule has 1 aromatic rings. The van der Waals surface area contributed by atoms with Crippen LogP contribution in [0.1, 0.15) is 18.2 Å². The van der Waals surface area contributed by atoms with Crippen LogP contribution in [0, 0.1) is 0 Å². The van der Waals surface area contributed by atoms with Gasteiger partial charge in [-0.3, -0.25) is 0 Å². The molecule has 0 amide bonds. The van der Waals surface area contributed by atoms with Crippen LogP contribution in [0.25, 0.3) is 0 Å². The number of aliphatic hydroxyl groups excluding tert-OH is 1. The molecular formula is C8H11ClOS. The van der Waals surface area contributed by atoms with E-state index in [2.05, 4.69) is 0 Å². The Hall–Kier alpha value is -0.0500. The summed E-state index contributed by atoms with van der Waals surface area (Å²) >= 11 is 7.37. The van der Waals surface area contributed by atoms with Crippen molar-refractivity contribution in [1.82, 2.24) is 0 Å². The second-order valence-corrected chi connectivity index (χ2v) is 4.05. The topological polar surface area (TPSA) is 20.2 Å². The van der Waals surface area contributed by atoms with E-state index >= 15 is 0 Å². The summed E-state index contributed by atoms with van der Waals surface area (Å²) < 4.78 is 0. The van der Waals surface area contributed by atoms with Crippen molar-refractivity contribution in [2.45, 2.75) is 25.9 Å². The van der Waals surface area contributed by atoms with Crippen LogP contribution in [-0.4, -0.2) is 11.2 Å². The average molecular weight is 191 g/mol. The van der Waals surface area contributed by atoms with E-state index in [1.165, 1.54) is 4.88 Å². The molecule has 1 atom stereocenters. The smallest absolute Gasteiger partial charge is 0.0515 e. The van der Waals surface area contributed by atoms with Crippen LogP contribution in [0.5, 0.6) is 0 Å². The van der Waals surface area contributed by atoms with Gasteiger partial charge in [-0.15, -0.1) is 11.3 Å². The van der Waals surface area contributed by atoms with Crippen LogP contribution >= 0.6 is 22.9 Å². The normalized spacial score (nSPS) is 13.4. The summed E-state index contributed by atoms with van der Waals surface area (Å²) in [5.74, 6) is 0. The molecule has 1 rings (SSSR count). The predicted octanol–water partition coefficient (Wildman–Crippen LogP) is 2.71. The fourth-order valence-corrected chi connectivity index (χ4v) is 1.93. The zero-order chi connectivity index (χ0) is 8.27. The third-order valence-corrected chi connectivity index (χ3v) is 2.77. The molecule has 1 heterocycles. The van der Waals surface area contributed by atoms with Crippen LogP contribution < -0.4 is 0 Å². The standard InChI is InChI=1S/C8H11ClOS/c1-6(10)2-3-8-4-7(9)5-11-8/h4-6,10H,2-3H2,1H3. The van der Waals surface area contributed by atoms with E-state index < -0.39 is 0 Å². The molecule has 11 heavy (non-hydrogen) atoms. The molecule has 0 aliphatic heterocycles. The molecule has 1 N–H and O–H groups in total. The molecule has 0 fully saturated rings. The SMILES string of the molecule is CC(O)CCc1cc(Cl)cs1. The van der Waals surface area contributed by atoms with E-state index in [0.29, 0.717) is 0 Å². The number of halogens is 1. The molecular weight excluding hydrogens is 180 g/mol. The Morgan fingerprint density at radius 1 is 1.73 bits per heavy atom. The van der Waals surface area contributed by atoms with Gasteiger partial charge in [-0.2, -0.15) is 0 Å². The second-order valence-electron chi connectivity index (χ2n) is 2.62. The number of rotatable bonds is 3. The van der Waals surface area contributed by atoms with Gasteiger partial charge in [0.05, 0.1) is 11.1 Å². The van der Waals surface area contributed by atoms with Crippen LogP contribution in [0.15, 0.2) is 11.4 Å². The lowest BCUT2D eigenvalue weighted by atomic mass is 10.2. The summed E-state index contributed by atoms with van der Waals surface area (Å²) in [5.41, 5.74) is 0. The van der Waals surface area contributed by atoms with Crippen molar-refractivity contribution in [1.29, 1.82) is 0 Å². The van der Waals surface area contributed by atoms with Crippen LogP contribution in [-0.2, 0) is 6.42 Å². The lowest BCUT2D eigenvalue weighted by molar-refractivity contribution is 0.185. The van der Waals surface area contributed by atoms with Gasteiger partial charge in [-0.25, -0.2) is 0 Å². The summed E-state index contributed by atoms with van der Waals surface area (Å²) in [6.45, 7) is 1.80. The number of hydrogen-bond donors (Lipinski definition) is 1. The van der Waals surface area contributed by atoms with Gasteiger partial charge in [-0.05, 0) is 25.8 Å². The zero-order valence-corrected chi connectivity index (χ0v) is 7.95. The molecule has 1 nitrogen and oxygen atoms in total. The third kappa shape index (κ3) is 3.23. The van der Waals surface area contributed by atoms with Crippen molar-refractivity contribution < 1.29 is 5.11 Å². The molecule has 0 saturated carbocycles. The fraction of sp³-hybridized carbons (Fsp3) is 0.500. The van der Waals surface area contributed by atoms with Gasteiger partial charge in [0.1, 0.15) is 0 Å². The molecule has 0 radical (unpaired) electrons. The Labute approximate surface area is 75.6 Å². The van der Waals surface area contributed by atoms with Gasteiger partial charge in [0.25, 0.3) is 0 Å². The van der Waals surface area contributed by atoms with E-state index in [1.54, 1.807) is 18.3 Å². The zero-order valence-electron chi connectivity index (χ0n) is 6.38. The van der Waals surface area contributed by atoms with Crippen LogP contribution in [0.4, 0.5) is 0 Å². The second kappa shape index (κ2) is 4.10. The van der Waals surface area contributed by atoms with Crippen molar-refractivity contribution in [3.05, 3.63) is 21.3 Å². The molecule has 3 heteroatoms. The van der Waals surface area contributed by atoms with Crippen molar-refractivity contribution in [2.24, 2.45) is 0 Å². The maximum atomic E-state index is 8.99. The molecule has 1 aromatic heterocycles. The third-order valence-electron chi connectivity index (χ3n) is 1.43. The van der Waals surface area contributed by atoms with Crippen molar-refractivity contribution >= 4 is 22.9 Å². The highest BCUT2D eigenvalue weighted by molar-refractivity contribution is 7.10. The number of hydrogen-bond acceptors (Lipinski definition) is 2. The summed E-state index contributed by atoms with van der Waals surface area (Å²) in [4.78, 5) is 1.25. The van der Waals surface area contributed by atoms with Crippen molar-refractivity contribution in [3.63, 3.8) is 0 Å². The maximum absolute atomic E-state index is 8.99. The van der Waals surface area contributed by atoms with Crippen LogP contribution in [0.3, 0.4) is 0 Å². The quantitative estimate of drug-likeness (QED) is 0.777.